The Kier molecular flexibility index (Phi) is 3.36. The molecule has 6 nitrogen and oxygen atoms in total. The first-order chi connectivity index (χ1) is 8.49. The second-order valence-electron chi connectivity index (χ2n) is 4.70. The van der Waals surface area contributed by atoms with Crippen LogP contribution in [0.25, 0.3) is 0 Å². The third-order valence-corrected chi connectivity index (χ3v) is 3.39. The molecule has 2 amide bonds. The third kappa shape index (κ3) is 2.37. The van der Waals surface area contributed by atoms with Crippen molar-refractivity contribution in [3.63, 3.8) is 0 Å². The molecule has 2 rings (SSSR count). The SMILES string of the molecule is Cc1nn(C)c(C)c1NC(=O)C1CCC(=O)NC1. The molecule has 0 aliphatic carbocycles. The summed E-state index contributed by atoms with van der Waals surface area (Å²) in [6.45, 7) is 4.20. The largest absolute Gasteiger partial charge is 0.355 e. The van der Waals surface area contributed by atoms with Crippen LogP contribution in [0.15, 0.2) is 0 Å². The molecule has 2 heterocycles. The molecule has 0 aromatic carbocycles. The van der Waals surface area contributed by atoms with Crippen molar-refractivity contribution < 1.29 is 9.59 Å². The number of carbonyl (C=O) groups is 2. The number of hydrogen-bond donors (Lipinski definition) is 2. The van der Waals surface area contributed by atoms with Gasteiger partial charge < -0.3 is 10.6 Å². The van der Waals surface area contributed by atoms with Crippen LogP contribution < -0.4 is 10.6 Å². The molecule has 1 aromatic heterocycles. The quantitative estimate of drug-likeness (QED) is 0.802. The van der Waals surface area contributed by atoms with Gasteiger partial charge in [0, 0.05) is 20.0 Å². The fraction of sp³-hybridized carbons (Fsp3) is 0.583. The molecule has 98 valence electrons. The van der Waals surface area contributed by atoms with E-state index in [4.69, 9.17) is 0 Å². The maximum absolute atomic E-state index is 12.1. The van der Waals surface area contributed by atoms with E-state index in [1.807, 2.05) is 20.9 Å². The molecule has 1 aromatic rings. The van der Waals surface area contributed by atoms with E-state index in [-0.39, 0.29) is 17.7 Å². The van der Waals surface area contributed by atoms with Gasteiger partial charge in [-0.2, -0.15) is 5.10 Å². The van der Waals surface area contributed by atoms with Gasteiger partial charge in [0.2, 0.25) is 11.8 Å². The topological polar surface area (TPSA) is 76.0 Å². The van der Waals surface area contributed by atoms with Crippen LogP contribution in [-0.4, -0.2) is 28.1 Å². The fourth-order valence-electron chi connectivity index (χ4n) is 2.14. The number of aromatic nitrogens is 2. The van der Waals surface area contributed by atoms with E-state index in [0.29, 0.717) is 19.4 Å². The van der Waals surface area contributed by atoms with E-state index >= 15 is 0 Å². The van der Waals surface area contributed by atoms with Crippen LogP contribution >= 0.6 is 0 Å². The molecule has 0 spiro atoms. The number of aryl methyl sites for hydroxylation is 2. The Hall–Kier alpha value is -1.85. The minimum Gasteiger partial charge on any atom is -0.355 e. The molecular weight excluding hydrogens is 232 g/mol. The van der Waals surface area contributed by atoms with Crippen molar-refractivity contribution in [2.75, 3.05) is 11.9 Å². The number of carbonyl (C=O) groups excluding carboxylic acids is 2. The van der Waals surface area contributed by atoms with E-state index < -0.39 is 0 Å². The summed E-state index contributed by atoms with van der Waals surface area (Å²) in [5.41, 5.74) is 2.52. The molecule has 0 saturated carbocycles. The minimum absolute atomic E-state index is 0.0211. The van der Waals surface area contributed by atoms with Crippen molar-refractivity contribution in [2.45, 2.75) is 26.7 Å². The number of hydrogen-bond acceptors (Lipinski definition) is 3. The van der Waals surface area contributed by atoms with Crippen LogP contribution in [0.3, 0.4) is 0 Å². The number of nitrogens with one attached hydrogen (secondary N) is 2. The van der Waals surface area contributed by atoms with Gasteiger partial charge in [0.25, 0.3) is 0 Å². The van der Waals surface area contributed by atoms with Crippen molar-refractivity contribution in [3.05, 3.63) is 11.4 Å². The van der Waals surface area contributed by atoms with Crippen molar-refractivity contribution >= 4 is 17.5 Å². The highest BCUT2D eigenvalue weighted by Gasteiger charge is 2.25. The molecule has 1 saturated heterocycles. The molecule has 18 heavy (non-hydrogen) atoms. The van der Waals surface area contributed by atoms with Crippen LogP contribution in [0.2, 0.25) is 0 Å². The number of amides is 2. The average Bonchev–Trinajstić information content (AvgIpc) is 2.57. The lowest BCUT2D eigenvalue weighted by atomic mass is 9.98. The molecule has 2 N–H and O–H groups in total. The van der Waals surface area contributed by atoms with Gasteiger partial charge in [0.05, 0.1) is 23.0 Å². The van der Waals surface area contributed by atoms with E-state index in [2.05, 4.69) is 15.7 Å². The second kappa shape index (κ2) is 4.80. The van der Waals surface area contributed by atoms with Gasteiger partial charge in [0.1, 0.15) is 0 Å². The van der Waals surface area contributed by atoms with Crippen molar-refractivity contribution in [1.82, 2.24) is 15.1 Å². The summed E-state index contributed by atoms with van der Waals surface area (Å²) in [5.74, 6) is -0.177. The molecule has 1 fully saturated rings. The molecule has 0 radical (unpaired) electrons. The predicted octanol–water partition coefficient (Wildman–Crippen LogP) is 0.502. The number of nitrogens with zero attached hydrogens (tertiary/aromatic N) is 2. The van der Waals surface area contributed by atoms with Gasteiger partial charge in [-0.15, -0.1) is 0 Å². The van der Waals surface area contributed by atoms with Gasteiger partial charge in [-0.3, -0.25) is 14.3 Å². The van der Waals surface area contributed by atoms with Gasteiger partial charge in [0.15, 0.2) is 0 Å². The Balaban J connectivity index is 2.05. The second-order valence-corrected chi connectivity index (χ2v) is 4.70. The van der Waals surface area contributed by atoms with E-state index in [1.54, 1.807) is 4.68 Å². The highest BCUT2D eigenvalue weighted by molar-refractivity contribution is 5.95. The van der Waals surface area contributed by atoms with Crippen LogP contribution in [0.1, 0.15) is 24.2 Å². The maximum Gasteiger partial charge on any atom is 0.229 e. The maximum atomic E-state index is 12.1. The Morgan fingerprint density at radius 1 is 1.50 bits per heavy atom. The first-order valence-corrected chi connectivity index (χ1v) is 6.06. The summed E-state index contributed by atoms with van der Waals surface area (Å²) in [7, 11) is 1.85. The zero-order chi connectivity index (χ0) is 13.3. The minimum atomic E-state index is -0.151. The zero-order valence-electron chi connectivity index (χ0n) is 10.9. The first-order valence-electron chi connectivity index (χ1n) is 6.06. The Morgan fingerprint density at radius 2 is 2.22 bits per heavy atom. The number of piperidine rings is 1. The third-order valence-electron chi connectivity index (χ3n) is 3.39. The molecule has 1 aliphatic heterocycles. The summed E-state index contributed by atoms with van der Waals surface area (Å²) in [5, 5.41) is 9.88. The van der Waals surface area contributed by atoms with Crippen LogP contribution in [0.4, 0.5) is 5.69 Å². The summed E-state index contributed by atoms with van der Waals surface area (Å²) >= 11 is 0. The van der Waals surface area contributed by atoms with Crippen molar-refractivity contribution in [2.24, 2.45) is 13.0 Å². The lowest BCUT2D eigenvalue weighted by Gasteiger charge is -2.21. The van der Waals surface area contributed by atoms with E-state index in [0.717, 1.165) is 17.1 Å². The Morgan fingerprint density at radius 3 is 2.72 bits per heavy atom. The number of rotatable bonds is 2. The summed E-state index contributed by atoms with van der Waals surface area (Å²) in [6.07, 6.45) is 1.03. The predicted molar refractivity (Wildman–Crippen MR) is 67.0 cm³/mol. The normalized spacial score (nSPS) is 19.5. The van der Waals surface area contributed by atoms with Gasteiger partial charge >= 0.3 is 0 Å². The first kappa shape index (κ1) is 12.6. The van der Waals surface area contributed by atoms with Gasteiger partial charge in [-0.05, 0) is 20.3 Å². The van der Waals surface area contributed by atoms with E-state index in [1.165, 1.54) is 0 Å². The summed E-state index contributed by atoms with van der Waals surface area (Å²) in [6, 6.07) is 0. The zero-order valence-corrected chi connectivity index (χ0v) is 10.9. The molecular formula is C12H18N4O2. The smallest absolute Gasteiger partial charge is 0.229 e. The Labute approximate surface area is 106 Å². The fourth-order valence-corrected chi connectivity index (χ4v) is 2.14. The summed E-state index contributed by atoms with van der Waals surface area (Å²) < 4.78 is 1.74. The molecule has 0 bridgehead atoms. The lowest BCUT2D eigenvalue weighted by Crippen LogP contribution is -2.40. The van der Waals surface area contributed by atoms with Crippen molar-refractivity contribution in [3.8, 4) is 0 Å². The highest BCUT2D eigenvalue weighted by Crippen LogP contribution is 2.20. The van der Waals surface area contributed by atoms with Gasteiger partial charge in [-0.1, -0.05) is 0 Å². The summed E-state index contributed by atoms with van der Waals surface area (Å²) in [4.78, 5) is 23.1. The monoisotopic (exact) mass is 250 g/mol. The lowest BCUT2D eigenvalue weighted by molar-refractivity contribution is -0.126. The van der Waals surface area contributed by atoms with Crippen molar-refractivity contribution in [1.29, 1.82) is 0 Å². The van der Waals surface area contributed by atoms with Crippen LogP contribution in [0.5, 0.6) is 0 Å². The van der Waals surface area contributed by atoms with E-state index in [9.17, 15) is 9.59 Å². The number of anilines is 1. The highest BCUT2D eigenvalue weighted by atomic mass is 16.2. The van der Waals surface area contributed by atoms with Gasteiger partial charge in [-0.25, -0.2) is 0 Å². The standard InChI is InChI=1S/C12H18N4O2/c1-7-11(8(2)16(3)15-7)14-12(18)9-4-5-10(17)13-6-9/h9H,4-6H2,1-3H3,(H,13,17)(H,14,18). The molecule has 1 aliphatic rings. The van der Waals surface area contributed by atoms with Crippen LogP contribution in [0, 0.1) is 19.8 Å². The molecule has 6 heteroatoms. The Bertz CT molecular complexity index is 483. The van der Waals surface area contributed by atoms with Crippen LogP contribution in [-0.2, 0) is 16.6 Å². The average molecular weight is 250 g/mol. The molecule has 1 atom stereocenters. The molecule has 1 unspecified atom stereocenters.